The third kappa shape index (κ3) is 5.49. The van der Waals surface area contributed by atoms with Crippen LogP contribution in [-0.2, 0) is 16.1 Å². The molecule has 8 heteroatoms. The minimum atomic E-state index is -0.762. The van der Waals surface area contributed by atoms with Crippen LogP contribution in [-0.4, -0.2) is 76.6 Å². The lowest BCUT2D eigenvalue weighted by molar-refractivity contribution is -0.133. The van der Waals surface area contributed by atoms with E-state index in [0.29, 0.717) is 32.5 Å². The number of likely N-dealkylation sites (tertiary alicyclic amines) is 2. The summed E-state index contributed by atoms with van der Waals surface area (Å²) in [6.07, 6.45) is 2.50. The van der Waals surface area contributed by atoms with Gasteiger partial charge in [-0.15, -0.1) is 0 Å². The summed E-state index contributed by atoms with van der Waals surface area (Å²) in [4.78, 5) is 43.8. The Kier molecular flexibility index (Phi) is 6.66. The summed E-state index contributed by atoms with van der Waals surface area (Å²) in [5.74, 6) is 0.119. The summed E-state index contributed by atoms with van der Waals surface area (Å²) in [6.45, 7) is 9.59. The van der Waals surface area contributed by atoms with Crippen molar-refractivity contribution in [2.45, 2.75) is 64.1 Å². The Bertz CT molecular complexity index is 866. The number of amides is 4. The number of hydrogen-bond acceptors (Lipinski definition) is 5. The van der Waals surface area contributed by atoms with Crippen molar-refractivity contribution in [1.29, 1.82) is 0 Å². The van der Waals surface area contributed by atoms with Gasteiger partial charge >= 0.3 is 12.1 Å². The molecule has 1 spiro atoms. The van der Waals surface area contributed by atoms with E-state index in [1.807, 2.05) is 39.0 Å². The van der Waals surface area contributed by atoms with Crippen molar-refractivity contribution in [2.24, 2.45) is 5.92 Å². The predicted octanol–water partition coefficient (Wildman–Crippen LogP) is 3.22. The number of benzene rings is 1. The first-order chi connectivity index (χ1) is 15.7. The van der Waals surface area contributed by atoms with Crippen LogP contribution < -0.4 is 5.32 Å². The highest BCUT2D eigenvalue weighted by Gasteiger charge is 2.52. The minimum Gasteiger partial charge on any atom is -0.444 e. The molecule has 1 aromatic rings. The molecule has 0 bridgehead atoms. The quantitative estimate of drug-likeness (QED) is 0.704. The van der Waals surface area contributed by atoms with Crippen LogP contribution in [0.1, 0.15) is 52.0 Å². The number of rotatable bonds is 4. The molecule has 3 fully saturated rings. The Labute approximate surface area is 196 Å². The zero-order valence-electron chi connectivity index (χ0n) is 20.0. The van der Waals surface area contributed by atoms with Crippen LogP contribution in [0.4, 0.5) is 9.59 Å². The van der Waals surface area contributed by atoms with Gasteiger partial charge in [0.15, 0.2) is 0 Å². The Hall–Kier alpha value is -2.61. The molecule has 1 aromatic carbocycles. The van der Waals surface area contributed by atoms with E-state index >= 15 is 0 Å². The van der Waals surface area contributed by atoms with Crippen LogP contribution in [0.5, 0.6) is 0 Å². The lowest BCUT2D eigenvalue weighted by Gasteiger charge is -2.37. The van der Waals surface area contributed by atoms with E-state index < -0.39 is 11.1 Å². The Balaban J connectivity index is 1.27. The van der Waals surface area contributed by atoms with Crippen molar-refractivity contribution in [1.82, 2.24) is 20.0 Å². The summed E-state index contributed by atoms with van der Waals surface area (Å²) in [5, 5.41) is 3.02. The summed E-state index contributed by atoms with van der Waals surface area (Å²) < 4.78 is 5.46. The van der Waals surface area contributed by atoms with Gasteiger partial charge < -0.3 is 15.0 Å². The normalized spacial score (nSPS) is 22.0. The van der Waals surface area contributed by atoms with Crippen molar-refractivity contribution < 1.29 is 19.1 Å². The number of urea groups is 1. The zero-order valence-corrected chi connectivity index (χ0v) is 20.0. The molecule has 3 aliphatic heterocycles. The van der Waals surface area contributed by atoms with Crippen LogP contribution in [0.2, 0.25) is 0 Å². The second kappa shape index (κ2) is 9.33. The molecule has 1 N–H and O–H groups in total. The van der Waals surface area contributed by atoms with Crippen molar-refractivity contribution in [3.8, 4) is 0 Å². The molecule has 0 saturated carbocycles. The molecule has 180 valence electrons. The highest BCUT2D eigenvalue weighted by molar-refractivity contribution is 6.07. The van der Waals surface area contributed by atoms with E-state index in [9.17, 15) is 14.4 Å². The third-order valence-electron chi connectivity index (χ3n) is 6.91. The summed E-state index contributed by atoms with van der Waals surface area (Å²) in [6, 6.07) is 10.0. The molecule has 4 rings (SSSR count). The van der Waals surface area contributed by atoms with Gasteiger partial charge in [-0.3, -0.25) is 14.6 Å². The van der Waals surface area contributed by atoms with Crippen LogP contribution in [0, 0.1) is 5.92 Å². The second-order valence-electron chi connectivity index (χ2n) is 10.6. The van der Waals surface area contributed by atoms with Crippen LogP contribution in [0.3, 0.4) is 0 Å². The molecule has 0 atom stereocenters. The van der Waals surface area contributed by atoms with E-state index in [2.05, 4.69) is 22.3 Å². The number of nitrogens with zero attached hydrogens (tertiary/aromatic N) is 3. The molecule has 8 nitrogen and oxygen atoms in total. The molecule has 0 aromatic heterocycles. The largest absolute Gasteiger partial charge is 0.444 e. The molecule has 0 unspecified atom stereocenters. The minimum absolute atomic E-state index is 0.0820. The molecular weight excluding hydrogens is 420 g/mol. The fourth-order valence-corrected chi connectivity index (χ4v) is 5.00. The number of nitrogens with one attached hydrogen (secondary N) is 1. The van der Waals surface area contributed by atoms with Gasteiger partial charge in [0.1, 0.15) is 11.1 Å². The van der Waals surface area contributed by atoms with Crippen LogP contribution >= 0.6 is 0 Å². The van der Waals surface area contributed by atoms with Gasteiger partial charge in [-0.05, 0) is 57.9 Å². The second-order valence-corrected chi connectivity index (χ2v) is 10.6. The summed E-state index contributed by atoms with van der Waals surface area (Å²) >= 11 is 0. The van der Waals surface area contributed by atoms with Crippen molar-refractivity contribution in [3.05, 3.63) is 35.9 Å². The van der Waals surface area contributed by atoms with Gasteiger partial charge in [-0.1, -0.05) is 30.3 Å². The third-order valence-corrected chi connectivity index (χ3v) is 6.91. The SMILES string of the molecule is CC(C)(C)OC(=O)N1CCC(CN2C(=O)NC3(CCN(Cc4ccccc4)CC3)C2=O)CC1. The van der Waals surface area contributed by atoms with Crippen molar-refractivity contribution in [3.63, 3.8) is 0 Å². The topological polar surface area (TPSA) is 82.2 Å². The Morgan fingerprint density at radius 2 is 1.70 bits per heavy atom. The fraction of sp³-hybridized carbons (Fsp3) is 0.640. The highest BCUT2D eigenvalue weighted by atomic mass is 16.6. The monoisotopic (exact) mass is 456 g/mol. The molecule has 3 heterocycles. The molecule has 33 heavy (non-hydrogen) atoms. The lowest BCUT2D eigenvalue weighted by atomic mass is 9.87. The first-order valence-electron chi connectivity index (χ1n) is 12.0. The first-order valence-corrected chi connectivity index (χ1v) is 12.0. The molecule has 0 radical (unpaired) electrons. The highest BCUT2D eigenvalue weighted by Crippen LogP contribution is 2.31. The summed E-state index contributed by atoms with van der Waals surface area (Å²) in [5.41, 5.74) is -0.0184. The summed E-state index contributed by atoms with van der Waals surface area (Å²) in [7, 11) is 0. The maximum absolute atomic E-state index is 13.3. The fourth-order valence-electron chi connectivity index (χ4n) is 5.00. The van der Waals surface area contributed by atoms with Gasteiger partial charge in [0.05, 0.1) is 0 Å². The smallest absolute Gasteiger partial charge is 0.410 e. The Morgan fingerprint density at radius 1 is 1.06 bits per heavy atom. The van der Waals surface area contributed by atoms with E-state index in [4.69, 9.17) is 4.74 Å². The zero-order chi connectivity index (χ0) is 23.6. The van der Waals surface area contributed by atoms with E-state index in [0.717, 1.165) is 32.5 Å². The number of piperidine rings is 2. The van der Waals surface area contributed by atoms with Gasteiger partial charge in [0.2, 0.25) is 0 Å². The standard InChI is InChI=1S/C25H36N4O4/c1-24(2,3)33-23(32)28-13-9-20(10-14-28)18-29-21(30)25(26-22(29)31)11-15-27(16-12-25)17-19-7-5-4-6-8-19/h4-8,20H,9-18H2,1-3H3,(H,26,31). The van der Waals surface area contributed by atoms with Gasteiger partial charge in [-0.25, -0.2) is 9.59 Å². The maximum Gasteiger partial charge on any atom is 0.410 e. The van der Waals surface area contributed by atoms with Gasteiger partial charge in [0, 0.05) is 39.3 Å². The number of carbonyl (C=O) groups excluding carboxylic acids is 3. The number of ether oxygens (including phenoxy) is 1. The van der Waals surface area contributed by atoms with Gasteiger partial charge in [-0.2, -0.15) is 0 Å². The van der Waals surface area contributed by atoms with Gasteiger partial charge in [0.25, 0.3) is 5.91 Å². The molecule has 4 amide bonds. The number of imide groups is 1. The molecule has 0 aliphatic carbocycles. The van der Waals surface area contributed by atoms with Crippen LogP contribution in [0.15, 0.2) is 30.3 Å². The van der Waals surface area contributed by atoms with Crippen molar-refractivity contribution >= 4 is 18.0 Å². The maximum atomic E-state index is 13.3. The average Bonchev–Trinajstić information content (AvgIpc) is 2.99. The van der Waals surface area contributed by atoms with Crippen molar-refractivity contribution in [2.75, 3.05) is 32.7 Å². The molecule has 3 aliphatic rings. The lowest BCUT2D eigenvalue weighted by Crippen LogP contribution is -2.54. The first kappa shape index (κ1) is 23.5. The van der Waals surface area contributed by atoms with E-state index in [1.165, 1.54) is 10.5 Å². The molecular formula is C25H36N4O4. The average molecular weight is 457 g/mol. The van der Waals surface area contributed by atoms with E-state index in [1.54, 1.807) is 4.90 Å². The number of hydrogen-bond donors (Lipinski definition) is 1. The Morgan fingerprint density at radius 3 is 2.30 bits per heavy atom. The number of carbonyl (C=O) groups is 3. The van der Waals surface area contributed by atoms with Crippen LogP contribution in [0.25, 0.3) is 0 Å². The molecule has 3 saturated heterocycles. The van der Waals surface area contributed by atoms with E-state index in [-0.39, 0.29) is 23.9 Å². The predicted molar refractivity (Wildman–Crippen MR) is 124 cm³/mol.